The molecule has 0 unspecified atom stereocenters. The molecular formula is C17H18N4OS. The quantitative estimate of drug-likeness (QED) is 0.756. The molecule has 2 heterocycles. The first kappa shape index (κ1) is 15.4. The summed E-state index contributed by atoms with van der Waals surface area (Å²) >= 11 is 1.59. The Morgan fingerprint density at radius 3 is 2.74 bits per heavy atom. The largest absolute Gasteiger partial charge is 0.370 e. The minimum absolute atomic E-state index is 0.293. The highest BCUT2D eigenvalue weighted by Gasteiger charge is 2.15. The van der Waals surface area contributed by atoms with E-state index >= 15 is 0 Å². The molecule has 0 bridgehead atoms. The number of carbonyl (C=O) groups excluding carboxylic acids is 1. The average Bonchev–Trinajstić information content (AvgIpc) is 2.99. The Balaban J connectivity index is 1.98. The molecule has 3 rings (SSSR count). The van der Waals surface area contributed by atoms with E-state index in [-0.39, 0.29) is 5.91 Å². The van der Waals surface area contributed by atoms with Crippen molar-refractivity contribution in [1.82, 2.24) is 9.97 Å². The zero-order chi connectivity index (χ0) is 16.2. The molecule has 0 fully saturated rings. The highest BCUT2D eigenvalue weighted by molar-refractivity contribution is 7.16. The van der Waals surface area contributed by atoms with Crippen LogP contribution in [0.4, 0.5) is 5.82 Å². The van der Waals surface area contributed by atoms with Crippen molar-refractivity contribution in [2.45, 2.75) is 19.9 Å². The molecule has 0 saturated heterocycles. The highest BCUT2D eigenvalue weighted by atomic mass is 32.1. The predicted molar refractivity (Wildman–Crippen MR) is 93.5 cm³/mol. The van der Waals surface area contributed by atoms with Crippen LogP contribution in [0.1, 0.15) is 17.8 Å². The Morgan fingerprint density at radius 2 is 2.00 bits per heavy atom. The van der Waals surface area contributed by atoms with Gasteiger partial charge >= 0.3 is 0 Å². The molecule has 0 saturated carbocycles. The molecule has 1 amide bonds. The molecule has 0 aliphatic heterocycles. The van der Waals surface area contributed by atoms with Crippen molar-refractivity contribution in [3.8, 4) is 0 Å². The molecule has 0 aliphatic carbocycles. The van der Waals surface area contributed by atoms with Gasteiger partial charge in [0.25, 0.3) is 0 Å². The Bertz CT molecular complexity index is 816. The molecule has 2 N–H and O–H groups in total. The summed E-state index contributed by atoms with van der Waals surface area (Å²) in [6.45, 7) is 3.10. The van der Waals surface area contributed by atoms with Crippen LogP contribution in [0.3, 0.4) is 0 Å². The molecule has 0 spiro atoms. The number of hydrogen-bond acceptors (Lipinski definition) is 5. The van der Waals surface area contributed by atoms with Gasteiger partial charge in [0.15, 0.2) is 0 Å². The van der Waals surface area contributed by atoms with Gasteiger partial charge in [0.05, 0.1) is 5.39 Å². The maximum absolute atomic E-state index is 11.2. The molecule has 2 aromatic heterocycles. The monoisotopic (exact) mass is 326 g/mol. The van der Waals surface area contributed by atoms with E-state index in [2.05, 4.69) is 27.0 Å². The minimum Gasteiger partial charge on any atom is -0.370 e. The van der Waals surface area contributed by atoms with Crippen LogP contribution in [-0.2, 0) is 11.3 Å². The predicted octanol–water partition coefficient (Wildman–Crippen LogP) is 2.88. The fourth-order valence-electron chi connectivity index (χ4n) is 2.49. The van der Waals surface area contributed by atoms with E-state index in [0.29, 0.717) is 19.5 Å². The van der Waals surface area contributed by atoms with Crippen LogP contribution in [-0.4, -0.2) is 22.4 Å². The lowest BCUT2D eigenvalue weighted by atomic mass is 10.2. The summed E-state index contributed by atoms with van der Waals surface area (Å²) in [6, 6.07) is 12.2. The van der Waals surface area contributed by atoms with Gasteiger partial charge in [-0.3, -0.25) is 4.79 Å². The molecule has 118 valence electrons. The van der Waals surface area contributed by atoms with Crippen LogP contribution < -0.4 is 10.6 Å². The fourth-order valence-corrected chi connectivity index (χ4v) is 3.30. The molecule has 3 aromatic rings. The van der Waals surface area contributed by atoms with Gasteiger partial charge in [-0.1, -0.05) is 30.3 Å². The van der Waals surface area contributed by atoms with Crippen molar-refractivity contribution < 1.29 is 4.79 Å². The average molecular weight is 326 g/mol. The van der Waals surface area contributed by atoms with E-state index in [9.17, 15) is 4.79 Å². The number of hydrogen-bond donors (Lipinski definition) is 1. The number of benzene rings is 1. The Morgan fingerprint density at radius 1 is 1.22 bits per heavy atom. The second kappa shape index (κ2) is 6.75. The van der Waals surface area contributed by atoms with E-state index in [1.165, 1.54) is 0 Å². The normalized spacial score (nSPS) is 10.8. The van der Waals surface area contributed by atoms with Gasteiger partial charge in [0, 0.05) is 19.5 Å². The molecule has 6 heteroatoms. The smallest absolute Gasteiger partial charge is 0.219 e. The van der Waals surface area contributed by atoms with Crippen molar-refractivity contribution >= 4 is 33.3 Å². The first-order valence-electron chi connectivity index (χ1n) is 7.42. The number of carbonyl (C=O) groups is 1. The summed E-state index contributed by atoms with van der Waals surface area (Å²) in [6.07, 6.45) is 0.293. The van der Waals surface area contributed by atoms with Crippen molar-refractivity contribution in [3.05, 3.63) is 53.2 Å². The lowest BCUT2D eigenvalue weighted by molar-refractivity contribution is -0.117. The summed E-state index contributed by atoms with van der Waals surface area (Å²) in [7, 11) is 0. The third-order valence-corrected chi connectivity index (χ3v) is 4.37. The Labute approximate surface area is 138 Å². The molecule has 23 heavy (non-hydrogen) atoms. The SMILES string of the molecule is Cc1nc(N(CCC(N)=O)Cc2ccccc2)c2ccsc2n1. The molecule has 0 atom stereocenters. The van der Waals surface area contributed by atoms with Crippen molar-refractivity contribution in [2.75, 3.05) is 11.4 Å². The van der Waals surface area contributed by atoms with Crippen molar-refractivity contribution in [2.24, 2.45) is 5.73 Å². The van der Waals surface area contributed by atoms with Gasteiger partial charge in [-0.05, 0) is 23.9 Å². The summed E-state index contributed by atoms with van der Waals surface area (Å²) in [5.41, 5.74) is 6.50. The number of nitrogens with zero attached hydrogens (tertiary/aromatic N) is 3. The van der Waals surface area contributed by atoms with Crippen LogP contribution in [0.2, 0.25) is 0 Å². The lowest BCUT2D eigenvalue weighted by Gasteiger charge is -2.24. The number of nitrogens with two attached hydrogens (primary N) is 1. The van der Waals surface area contributed by atoms with Gasteiger partial charge in [0.1, 0.15) is 16.5 Å². The second-order valence-corrected chi connectivity index (χ2v) is 6.25. The van der Waals surface area contributed by atoms with Gasteiger partial charge in [-0.25, -0.2) is 9.97 Å². The first-order chi connectivity index (χ1) is 11.1. The van der Waals surface area contributed by atoms with Crippen LogP contribution in [0, 0.1) is 6.92 Å². The first-order valence-corrected chi connectivity index (χ1v) is 8.30. The van der Waals surface area contributed by atoms with Crippen LogP contribution in [0.5, 0.6) is 0 Å². The highest BCUT2D eigenvalue weighted by Crippen LogP contribution is 2.28. The molecule has 1 aromatic carbocycles. The fraction of sp³-hybridized carbons (Fsp3) is 0.235. The molecule has 5 nitrogen and oxygen atoms in total. The molecular weight excluding hydrogens is 308 g/mol. The van der Waals surface area contributed by atoms with Crippen molar-refractivity contribution in [1.29, 1.82) is 0 Å². The van der Waals surface area contributed by atoms with E-state index in [4.69, 9.17) is 5.73 Å². The number of aryl methyl sites for hydroxylation is 1. The zero-order valence-electron chi connectivity index (χ0n) is 12.9. The maximum Gasteiger partial charge on any atom is 0.219 e. The van der Waals surface area contributed by atoms with E-state index in [1.807, 2.05) is 36.6 Å². The maximum atomic E-state index is 11.2. The van der Waals surface area contributed by atoms with Gasteiger partial charge < -0.3 is 10.6 Å². The number of amides is 1. The standard InChI is InChI=1S/C17H18N4OS/c1-12-19-16(14-8-10-23-17(14)20-12)21(9-7-15(18)22)11-13-5-3-2-4-6-13/h2-6,8,10H,7,9,11H2,1H3,(H2,18,22). The minimum atomic E-state index is -0.310. The third kappa shape index (κ3) is 3.65. The van der Waals surface area contributed by atoms with Gasteiger partial charge in [0.2, 0.25) is 5.91 Å². The van der Waals surface area contributed by atoms with Crippen LogP contribution in [0.15, 0.2) is 41.8 Å². The molecule has 0 aliphatic rings. The van der Waals surface area contributed by atoms with Crippen LogP contribution >= 0.6 is 11.3 Å². The Kier molecular flexibility index (Phi) is 4.52. The van der Waals surface area contributed by atoms with Gasteiger partial charge in [-0.15, -0.1) is 11.3 Å². The summed E-state index contributed by atoms with van der Waals surface area (Å²) in [4.78, 5) is 23.4. The zero-order valence-corrected chi connectivity index (χ0v) is 13.7. The van der Waals surface area contributed by atoms with Gasteiger partial charge in [-0.2, -0.15) is 0 Å². The number of rotatable bonds is 6. The van der Waals surface area contributed by atoms with E-state index < -0.39 is 0 Å². The molecule has 0 radical (unpaired) electrons. The number of primary amides is 1. The van der Waals surface area contributed by atoms with Crippen molar-refractivity contribution in [3.63, 3.8) is 0 Å². The summed E-state index contributed by atoms with van der Waals surface area (Å²) in [5, 5.41) is 3.03. The van der Waals surface area contributed by atoms with Crippen LogP contribution in [0.25, 0.3) is 10.2 Å². The summed E-state index contributed by atoms with van der Waals surface area (Å²) in [5.74, 6) is 1.28. The number of anilines is 1. The van der Waals surface area contributed by atoms with E-state index in [0.717, 1.165) is 27.4 Å². The Hall–Kier alpha value is -2.47. The number of thiophene rings is 1. The summed E-state index contributed by atoms with van der Waals surface area (Å²) < 4.78 is 0. The van der Waals surface area contributed by atoms with E-state index in [1.54, 1.807) is 11.3 Å². The third-order valence-electron chi connectivity index (χ3n) is 3.56. The topological polar surface area (TPSA) is 72.1 Å². The second-order valence-electron chi connectivity index (χ2n) is 5.36. The number of fused-ring (bicyclic) bond motifs is 1. The lowest BCUT2D eigenvalue weighted by Crippen LogP contribution is -2.28. The number of aromatic nitrogens is 2.